The van der Waals surface area contributed by atoms with Crippen molar-refractivity contribution < 1.29 is 99.4 Å². The van der Waals surface area contributed by atoms with E-state index < -0.39 is 94.6 Å². The van der Waals surface area contributed by atoms with Gasteiger partial charge in [0.05, 0.1) is 51.7 Å². The van der Waals surface area contributed by atoms with E-state index in [1.54, 1.807) is 144 Å². The van der Waals surface area contributed by atoms with E-state index in [9.17, 15) is 47.8 Å². The number of ether oxygens (including phenoxy) is 6. The number of nitriles is 2. The summed E-state index contributed by atoms with van der Waals surface area (Å²) in [4.78, 5) is 94.7. The summed E-state index contributed by atoms with van der Waals surface area (Å²) in [5, 5.41) is 57.6. The Labute approximate surface area is 702 Å². The number of likely N-dealkylation sites (N-methyl/N-ethyl adjacent to an activating group) is 2. The maximum absolute atomic E-state index is 15.4. The number of quaternary nitrogens is 1. The standard InChI is InChI=1S/C40H43F2N8O7S.C35H35F2N8O5S.C6H12O2.CH4.2CH3/c1-25(36-46-33(21-58-36)28-12-10-27(18-43)11-13-28)40(54,31-17-30(41)14-15-32(31)42)22-50-24-49(23-45-50)26(2)56-38(53)48(7)35-29(9-8-16-44-35)20-55-34(51)19-47(6)37(52)57-39(3,4)5;1-22(33-42-30(18-51-33)25-9-7-24(15-38)8-10-25)35(48,28-14-27(36)11-12-29(28)37)19-45-21-44(20-41-45)23(2)50-34(47)43(4)32-26(6-5-13-40-32)17-49-31(46)16-39-3;1-5(7)8-6(2,3)4;;;/h8-17,21,23-26,54H,19-20,22H2,1-7H3;5-14,18,20-23,39,48H,16-17,19H2,1-4H3;1-4H3;1H4;2*1H3/q2*+1;;;2*-1/p+1/t25-,26?,40+;22-,23?,35+;;;;/m00..../s1. The zero-order valence-electron chi connectivity index (χ0n) is 69.0. The van der Waals surface area contributed by atoms with E-state index in [-0.39, 0.29) is 96.0 Å². The minimum Gasteiger partial charge on any atom is -0.460 e. The number of anilines is 2. The summed E-state index contributed by atoms with van der Waals surface area (Å²) in [5.74, 6) is -5.81. The maximum Gasteiger partial charge on any atom is 0.418 e. The molecular weight excluding hydrogens is 1600 g/mol. The predicted octanol–water partition coefficient (Wildman–Crippen LogP) is 12.7. The fourth-order valence-corrected chi connectivity index (χ4v) is 13.4. The number of rotatable bonds is 26. The van der Waals surface area contributed by atoms with Gasteiger partial charge in [-0.2, -0.15) is 19.7 Å². The minimum absolute atomic E-state index is 0. The number of carbonyl (C=O) groups is 6. The predicted molar refractivity (Wildman–Crippen MR) is 437 cm³/mol. The summed E-state index contributed by atoms with van der Waals surface area (Å²) in [6.45, 7) is 17.3. The fraction of sp³-hybridized carbons (Fsp3) is 0.357. The van der Waals surface area contributed by atoms with Crippen LogP contribution >= 0.6 is 22.7 Å². The number of hydrogen-bond acceptors (Lipinski definition) is 24. The lowest BCUT2D eigenvalue weighted by Crippen LogP contribution is -2.81. The number of hydrogen-bond donors (Lipinski definition) is 3. The number of nitrogens with zero attached hydrogens (tertiary/aromatic N) is 15. The minimum atomic E-state index is -2.07. The molecule has 6 atom stereocenters. The van der Waals surface area contributed by atoms with Crippen LogP contribution in [0.4, 0.5) is 43.6 Å². The number of aliphatic hydroxyl groups is 2. The van der Waals surface area contributed by atoms with Gasteiger partial charge in [0.25, 0.3) is 12.7 Å². The van der Waals surface area contributed by atoms with Gasteiger partial charge in [0.15, 0.2) is 6.54 Å². The number of benzene rings is 4. The van der Waals surface area contributed by atoms with Gasteiger partial charge >= 0.3 is 36.2 Å². The second-order valence-electron chi connectivity index (χ2n) is 28.9. The molecule has 10 rings (SSSR count). The zero-order valence-corrected chi connectivity index (χ0v) is 70.6. The molecule has 0 spiro atoms. The van der Waals surface area contributed by atoms with Crippen molar-refractivity contribution in [3.8, 4) is 34.7 Å². The van der Waals surface area contributed by atoms with Gasteiger partial charge in [-0.25, -0.2) is 56.7 Å². The molecule has 4 N–H and O–H groups in total. The van der Waals surface area contributed by atoms with E-state index in [0.29, 0.717) is 43.7 Å². The largest absolute Gasteiger partial charge is 0.460 e. The van der Waals surface area contributed by atoms with Gasteiger partial charge < -0.3 is 63.7 Å². The van der Waals surface area contributed by atoms with E-state index >= 15 is 8.78 Å². The normalized spacial score (nSPS) is 12.9. The van der Waals surface area contributed by atoms with Crippen LogP contribution in [0.25, 0.3) is 22.5 Å². The summed E-state index contributed by atoms with van der Waals surface area (Å²) in [5.41, 5.74) is -1.24. The Hall–Kier alpha value is -12.5. The SMILES string of the molecule is C.CC(=O)OC(C)(C)C.CC(OC(=O)N(C)c1ncccc1COC(=O)CN(C)C(=O)OC(C)(C)C)[n+]1cnn(C[C@](O)(c2cc(F)ccc2F)[C@@H](C)c2nc(-c3ccc(C#N)cc3)cs2)c1.C[NH2+]CC(=O)OCc1cccnc1N(C)C(=O)OC(C)[n+]1cnn(C[C@](O)(c2cc(F)ccc2F)[C@@H](C)c2nc(-c3ccc(C#N)cc3)cs2)c1.[CH3-].[CH3-]. The highest BCUT2D eigenvalue weighted by Crippen LogP contribution is 2.44. The Kier molecular flexibility index (Phi) is 35.4. The first-order valence-electron chi connectivity index (χ1n) is 36.4. The Bertz CT molecular complexity index is 5220. The molecule has 0 aliphatic rings. The number of halogens is 4. The molecule has 0 radical (unpaired) electrons. The van der Waals surface area contributed by atoms with E-state index in [1.165, 1.54) is 112 Å². The molecular formula is C84H101F4N16O14S2+. The molecule has 0 aliphatic carbocycles. The smallest absolute Gasteiger partial charge is 0.418 e. The Morgan fingerprint density at radius 1 is 0.583 bits per heavy atom. The van der Waals surface area contributed by atoms with E-state index in [2.05, 4.69) is 32.3 Å². The van der Waals surface area contributed by atoms with Gasteiger partial charge in [-0.1, -0.05) is 57.7 Å². The highest BCUT2D eigenvalue weighted by Gasteiger charge is 2.46. The van der Waals surface area contributed by atoms with Gasteiger partial charge in [-0.05, 0) is 114 Å². The van der Waals surface area contributed by atoms with Gasteiger partial charge in [0.1, 0.15) is 90.2 Å². The molecule has 6 aromatic heterocycles. The second-order valence-corrected chi connectivity index (χ2v) is 30.7. The lowest BCUT2D eigenvalue weighted by atomic mass is 9.82. The van der Waals surface area contributed by atoms with E-state index in [1.807, 2.05) is 20.8 Å². The van der Waals surface area contributed by atoms with Crippen molar-refractivity contribution in [2.75, 3.05) is 51.1 Å². The molecule has 120 heavy (non-hydrogen) atoms. The summed E-state index contributed by atoms with van der Waals surface area (Å²) in [6.07, 6.45) is 4.44. The molecule has 10 aromatic rings. The summed E-state index contributed by atoms with van der Waals surface area (Å²) in [7, 11) is 6.04. The molecule has 0 saturated carbocycles. The summed E-state index contributed by atoms with van der Waals surface area (Å²) < 4.78 is 97.4. The van der Waals surface area contributed by atoms with Crippen LogP contribution in [0.5, 0.6) is 0 Å². The lowest BCUT2D eigenvalue weighted by molar-refractivity contribution is -0.753. The third-order valence-corrected chi connectivity index (χ3v) is 19.7. The highest BCUT2D eigenvalue weighted by molar-refractivity contribution is 7.10. The summed E-state index contributed by atoms with van der Waals surface area (Å²) in [6, 6.07) is 30.1. The van der Waals surface area contributed by atoms with E-state index in [0.717, 1.165) is 57.3 Å². The average molecular weight is 1700 g/mol. The third-order valence-electron chi connectivity index (χ3n) is 17.6. The van der Waals surface area contributed by atoms with E-state index in [4.69, 9.17) is 48.9 Å². The molecule has 0 saturated heterocycles. The van der Waals surface area contributed by atoms with Gasteiger partial charge in [0, 0.05) is 120 Å². The molecule has 4 aromatic carbocycles. The molecule has 640 valence electrons. The van der Waals surface area contributed by atoms with Crippen LogP contribution < -0.4 is 24.3 Å². The third kappa shape index (κ3) is 26.5. The quantitative estimate of drug-likeness (QED) is 0.0149. The fourth-order valence-electron chi connectivity index (χ4n) is 11.4. The van der Waals surface area contributed by atoms with Crippen LogP contribution in [-0.4, -0.2) is 143 Å². The molecule has 6 heterocycles. The molecule has 0 bridgehead atoms. The first kappa shape index (κ1) is 98.1. The van der Waals surface area contributed by atoms with Gasteiger partial charge in [0.2, 0.25) is 25.1 Å². The molecule has 30 nitrogen and oxygen atoms in total. The highest BCUT2D eigenvalue weighted by atomic mass is 32.1. The van der Waals surface area contributed by atoms with Crippen LogP contribution in [0.3, 0.4) is 0 Å². The maximum atomic E-state index is 15.4. The Morgan fingerprint density at radius 3 is 1.33 bits per heavy atom. The Morgan fingerprint density at radius 2 is 0.975 bits per heavy atom. The van der Waals surface area contributed by atoms with Crippen molar-refractivity contribution in [3.05, 3.63) is 239 Å². The van der Waals surface area contributed by atoms with Gasteiger partial charge in [-0.15, -0.1) is 32.0 Å². The van der Waals surface area contributed by atoms with Crippen LogP contribution in [-0.2, 0) is 80.3 Å². The van der Waals surface area contributed by atoms with Crippen molar-refractivity contribution in [2.45, 2.75) is 157 Å². The molecule has 0 fully saturated rings. The van der Waals surface area contributed by atoms with Crippen molar-refractivity contribution in [1.82, 2.24) is 44.4 Å². The zero-order chi connectivity index (χ0) is 85.9. The van der Waals surface area contributed by atoms with Gasteiger partial charge in [-0.3, -0.25) is 19.4 Å². The van der Waals surface area contributed by atoms with Crippen molar-refractivity contribution in [2.24, 2.45) is 0 Å². The number of thiazole rings is 2. The molecule has 3 amide bonds. The monoisotopic (exact) mass is 1700 g/mol. The van der Waals surface area contributed by atoms with Crippen LogP contribution in [0.15, 0.2) is 158 Å². The molecule has 0 aliphatic heterocycles. The number of carbonyl (C=O) groups excluding carboxylic acids is 6. The topological polar surface area (TPSA) is 367 Å². The number of aromatic nitrogens is 10. The average Bonchev–Trinajstić information content (AvgIpc) is 1.35. The number of esters is 3. The summed E-state index contributed by atoms with van der Waals surface area (Å²) >= 11 is 2.48. The number of pyridine rings is 2. The first-order chi connectivity index (χ1) is 55.2. The van der Waals surface area contributed by atoms with Crippen molar-refractivity contribution in [1.29, 1.82) is 10.5 Å². The molecule has 2 unspecified atom stereocenters. The molecule has 36 heteroatoms. The van der Waals surface area contributed by atoms with Crippen LogP contribution in [0.2, 0.25) is 0 Å². The number of nitrogens with two attached hydrogens (primary N) is 1. The Balaban J connectivity index is 0.000000384. The van der Waals surface area contributed by atoms with Crippen molar-refractivity contribution >= 4 is 70.5 Å². The van der Waals surface area contributed by atoms with Crippen molar-refractivity contribution in [3.63, 3.8) is 0 Å². The lowest BCUT2D eigenvalue weighted by Gasteiger charge is -2.32. The van der Waals surface area contributed by atoms with Crippen LogP contribution in [0, 0.1) is 60.8 Å². The first-order valence-corrected chi connectivity index (χ1v) is 38.1. The second kappa shape index (κ2) is 43.3. The van der Waals surface area contributed by atoms with Crippen LogP contribution in [0.1, 0.15) is 151 Å². The number of amides is 3.